The van der Waals surface area contributed by atoms with Gasteiger partial charge in [0.25, 0.3) is 0 Å². The Labute approximate surface area is 91.3 Å². The lowest BCUT2D eigenvalue weighted by Crippen LogP contribution is -2.21. The maximum Gasteiger partial charge on any atom is 0.0865 e. The highest BCUT2D eigenvalue weighted by Gasteiger charge is 2.24. The molecule has 0 heterocycles. The van der Waals surface area contributed by atoms with Gasteiger partial charge >= 0.3 is 0 Å². The van der Waals surface area contributed by atoms with Crippen LogP contribution >= 0.6 is 11.8 Å². The Kier molecular flexibility index (Phi) is 3.85. The Balaban J connectivity index is 2.30. The molecule has 1 unspecified atom stereocenters. The Morgan fingerprint density at radius 2 is 2.21 bits per heavy atom. The fourth-order valence-electron chi connectivity index (χ4n) is 1.39. The van der Waals surface area contributed by atoms with Crippen molar-refractivity contribution in [1.29, 1.82) is 0 Å². The summed E-state index contributed by atoms with van der Waals surface area (Å²) in [6.45, 7) is 6.56. The third kappa shape index (κ3) is 4.34. The Morgan fingerprint density at radius 1 is 1.50 bits per heavy atom. The average molecular weight is 212 g/mol. The van der Waals surface area contributed by atoms with Crippen molar-refractivity contribution in [1.82, 2.24) is 0 Å². The molecule has 1 aliphatic carbocycles. The predicted molar refractivity (Wildman–Crippen MR) is 64.4 cm³/mol. The molecule has 0 aromatic heterocycles. The highest BCUT2D eigenvalue weighted by atomic mass is 32.2. The monoisotopic (exact) mass is 212 g/mol. The average Bonchev–Trinajstić information content (AvgIpc) is 2.45. The van der Waals surface area contributed by atoms with Gasteiger partial charge in [-0.25, -0.2) is 0 Å². The van der Waals surface area contributed by atoms with Gasteiger partial charge in [-0.2, -0.15) is 0 Å². The summed E-state index contributed by atoms with van der Waals surface area (Å²) in [6.07, 6.45) is 8.69. The quantitative estimate of drug-likeness (QED) is 0.722. The van der Waals surface area contributed by atoms with E-state index >= 15 is 0 Å². The predicted octanol–water partition coefficient (Wildman–Crippen LogP) is 3.50. The Morgan fingerprint density at radius 3 is 2.71 bits per heavy atom. The zero-order valence-corrected chi connectivity index (χ0v) is 10.1. The van der Waals surface area contributed by atoms with Crippen molar-refractivity contribution in [3.63, 3.8) is 0 Å². The van der Waals surface area contributed by atoms with Gasteiger partial charge in [-0.1, -0.05) is 39.0 Å². The summed E-state index contributed by atoms with van der Waals surface area (Å²) in [4.78, 5) is 0. The molecule has 0 aromatic carbocycles. The number of thioether (sulfide) groups is 1. The minimum absolute atomic E-state index is 0.268. The molecule has 0 amide bonds. The zero-order valence-electron chi connectivity index (χ0n) is 9.29. The summed E-state index contributed by atoms with van der Waals surface area (Å²) in [6, 6.07) is 0. The standard InChI is InChI=1S/C12H20OS/c1-11(2,3)14-10-6-9-12(13)7-4-5-8-12/h4,6-7,10,13H,5,8-9H2,1-3H3/b10-6+. The molecule has 14 heavy (non-hydrogen) atoms. The number of allylic oxidation sites excluding steroid dienone is 1. The van der Waals surface area contributed by atoms with Gasteiger partial charge in [0, 0.05) is 4.75 Å². The highest BCUT2D eigenvalue weighted by molar-refractivity contribution is 8.03. The number of rotatable bonds is 3. The Hall–Kier alpha value is -0.210. The molecule has 0 spiro atoms. The first-order chi connectivity index (χ1) is 6.41. The van der Waals surface area contributed by atoms with Crippen molar-refractivity contribution in [2.75, 3.05) is 0 Å². The summed E-state index contributed by atoms with van der Waals surface area (Å²) in [7, 11) is 0. The van der Waals surface area contributed by atoms with Crippen LogP contribution in [-0.4, -0.2) is 15.5 Å². The molecule has 0 aliphatic heterocycles. The summed E-state index contributed by atoms with van der Waals surface area (Å²) in [5.41, 5.74) is -0.561. The first-order valence-corrected chi connectivity index (χ1v) is 6.02. The van der Waals surface area contributed by atoms with Crippen LogP contribution in [0.2, 0.25) is 0 Å². The molecule has 0 fully saturated rings. The van der Waals surface area contributed by atoms with E-state index in [1.165, 1.54) is 0 Å². The van der Waals surface area contributed by atoms with E-state index in [0.29, 0.717) is 0 Å². The maximum absolute atomic E-state index is 9.97. The fraction of sp³-hybridized carbons (Fsp3) is 0.667. The largest absolute Gasteiger partial charge is 0.385 e. The van der Waals surface area contributed by atoms with Crippen LogP contribution in [0.5, 0.6) is 0 Å². The molecule has 1 atom stereocenters. The molecular weight excluding hydrogens is 192 g/mol. The molecule has 0 radical (unpaired) electrons. The van der Waals surface area contributed by atoms with Crippen LogP contribution in [0.3, 0.4) is 0 Å². The van der Waals surface area contributed by atoms with Gasteiger partial charge in [0.05, 0.1) is 5.60 Å². The fourth-order valence-corrected chi connectivity index (χ4v) is 1.99. The Bertz CT molecular complexity index is 237. The molecule has 0 saturated heterocycles. The molecule has 1 N–H and O–H groups in total. The van der Waals surface area contributed by atoms with E-state index < -0.39 is 5.60 Å². The van der Waals surface area contributed by atoms with Crippen LogP contribution in [0, 0.1) is 0 Å². The van der Waals surface area contributed by atoms with Gasteiger partial charge in [0.1, 0.15) is 0 Å². The van der Waals surface area contributed by atoms with E-state index in [0.717, 1.165) is 19.3 Å². The minimum atomic E-state index is -0.561. The molecule has 80 valence electrons. The smallest absolute Gasteiger partial charge is 0.0865 e. The van der Waals surface area contributed by atoms with Crippen molar-refractivity contribution in [2.24, 2.45) is 0 Å². The van der Waals surface area contributed by atoms with E-state index in [1.807, 2.05) is 6.08 Å². The highest BCUT2D eigenvalue weighted by Crippen LogP contribution is 2.28. The molecule has 2 heteroatoms. The minimum Gasteiger partial charge on any atom is -0.385 e. The summed E-state index contributed by atoms with van der Waals surface area (Å²) >= 11 is 1.80. The second-order valence-electron chi connectivity index (χ2n) is 4.85. The number of aliphatic hydroxyl groups is 1. The van der Waals surface area contributed by atoms with Gasteiger partial charge < -0.3 is 5.11 Å². The lowest BCUT2D eigenvalue weighted by Gasteiger charge is -2.18. The molecule has 1 nitrogen and oxygen atoms in total. The SMILES string of the molecule is CC(C)(C)S/C=C/CC1(O)C=CCC1. The first kappa shape index (κ1) is 11.9. The van der Waals surface area contributed by atoms with Gasteiger partial charge in [-0.3, -0.25) is 0 Å². The molecule has 0 bridgehead atoms. The third-order valence-corrected chi connectivity index (χ3v) is 3.20. The second kappa shape index (κ2) is 4.54. The van der Waals surface area contributed by atoms with Crippen LogP contribution in [0.1, 0.15) is 40.0 Å². The number of hydrogen-bond donors (Lipinski definition) is 1. The van der Waals surface area contributed by atoms with E-state index in [-0.39, 0.29) is 4.75 Å². The molecule has 0 aromatic rings. The lowest BCUT2D eigenvalue weighted by molar-refractivity contribution is 0.0943. The van der Waals surface area contributed by atoms with Crippen LogP contribution in [-0.2, 0) is 0 Å². The normalized spacial score (nSPS) is 27.7. The molecule has 1 aliphatic rings. The molecule has 1 rings (SSSR count). The second-order valence-corrected chi connectivity index (χ2v) is 6.58. The van der Waals surface area contributed by atoms with Crippen molar-refractivity contribution < 1.29 is 5.11 Å². The van der Waals surface area contributed by atoms with Crippen molar-refractivity contribution in [3.05, 3.63) is 23.6 Å². The van der Waals surface area contributed by atoms with E-state index in [1.54, 1.807) is 11.8 Å². The van der Waals surface area contributed by atoms with Crippen molar-refractivity contribution >= 4 is 11.8 Å². The topological polar surface area (TPSA) is 20.2 Å². The number of hydrogen-bond acceptors (Lipinski definition) is 2. The van der Waals surface area contributed by atoms with Crippen molar-refractivity contribution in [2.45, 2.75) is 50.4 Å². The van der Waals surface area contributed by atoms with Crippen LogP contribution < -0.4 is 0 Å². The third-order valence-electron chi connectivity index (χ3n) is 2.16. The molecular formula is C12H20OS. The van der Waals surface area contributed by atoms with E-state index in [2.05, 4.69) is 38.3 Å². The maximum atomic E-state index is 9.97. The van der Waals surface area contributed by atoms with Gasteiger partial charge in [0.2, 0.25) is 0 Å². The van der Waals surface area contributed by atoms with Crippen LogP contribution in [0.25, 0.3) is 0 Å². The van der Waals surface area contributed by atoms with Crippen LogP contribution in [0.15, 0.2) is 23.6 Å². The van der Waals surface area contributed by atoms with Crippen molar-refractivity contribution in [3.8, 4) is 0 Å². The van der Waals surface area contributed by atoms with Gasteiger partial charge in [0.15, 0.2) is 0 Å². The first-order valence-electron chi connectivity index (χ1n) is 5.14. The zero-order chi connectivity index (χ0) is 10.7. The van der Waals surface area contributed by atoms with Gasteiger partial charge in [-0.05, 0) is 24.7 Å². The summed E-state index contributed by atoms with van der Waals surface area (Å²) < 4.78 is 0.268. The van der Waals surface area contributed by atoms with Crippen LogP contribution in [0.4, 0.5) is 0 Å². The van der Waals surface area contributed by atoms with E-state index in [9.17, 15) is 5.11 Å². The van der Waals surface area contributed by atoms with E-state index in [4.69, 9.17) is 0 Å². The lowest BCUT2D eigenvalue weighted by atomic mass is 10.00. The van der Waals surface area contributed by atoms with Gasteiger partial charge in [-0.15, -0.1) is 11.8 Å². The summed E-state index contributed by atoms with van der Waals surface area (Å²) in [5, 5.41) is 12.1. The molecule has 0 saturated carbocycles. The summed E-state index contributed by atoms with van der Waals surface area (Å²) in [5.74, 6) is 0.